The molecule has 176 valence electrons. The molecule has 4 nitrogen and oxygen atoms in total. The SMILES string of the molecule is CN(CC(C)(C)O)C(=O)c1c(-c2ccc(Cl)cc2F)cc(C(F)(F)F)n1Cc1ccccc1. The Labute approximate surface area is 194 Å². The zero-order chi connectivity index (χ0) is 24.6. The van der Waals surface area contributed by atoms with Crippen LogP contribution in [0.3, 0.4) is 0 Å². The number of nitrogens with zero attached hydrogens (tertiary/aromatic N) is 2. The molecule has 0 unspecified atom stereocenters. The molecule has 0 aliphatic carbocycles. The van der Waals surface area contributed by atoms with E-state index in [1.807, 2.05) is 0 Å². The van der Waals surface area contributed by atoms with E-state index in [2.05, 4.69) is 0 Å². The number of carbonyl (C=O) groups excluding carboxylic acids is 1. The number of benzene rings is 2. The minimum absolute atomic E-state index is 0.0723. The van der Waals surface area contributed by atoms with Crippen molar-refractivity contribution in [3.63, 3.8) is 0 Å². The monoisotopic (exact) mass is 482 g/mol. The molecule has 0 aliphatic heterocycles. The molecule has 3 aromatic rings. The topological polar surface area (TPSA) is 45.5 Å². The molecule has 1 amide bonds. The molecular weight excluding hydrogens is 460 g/mol. The van der Waals surface area contributed by atoms with Crippen molar-refractivity contribution in [2.24, 2.45) is 0 Å². The van der Waals surface area contributed by atoms with Gasteiger partial charge < -0.3 is 14.6 Å². The molecule has 0 saturated heterocycles. The smallest absolute Gasteiger partial charge is 0.389 e. The van der Waals surface area contributed by atoms with E-state index in [1.54, 1.807) is 30.3 Å². The molecule has 0 atom stereocenters. The lowest BCUT2D eigenvalue weighted by Gasteiger charge is -2.27. The Bertz CT molecular complexity index is 1150. The summed E-state index contributed by atoms with van der Waals surface area (Å²) < 4.78 is 57.8. The lowest BCUT2D eigenvalue weighted by Crippen LogP contribution is -2.40. The highest BCUT2D eigenvalue weighted by molar-refractivity contribution is 6.30. The predicted octanol–water partition coefficient (Wildman–Crippen LogP) is 5.86. The fourth-order valence-corrected chi connectivity index (χ4v) is 3.85. The molecule has 3 rings (SSSR count). The van der Waals surface area contributed by atoms with Crippen LogP contribution in [0.2, 0.25) is 5.02 Å². The first-order valence-electron chi connectivity index (χ1n) is 10.1. The average Bonchev–Trinajstić information content (AvgIpc) is 3.06. The Morgan fingerprint density at radius 2 is 1.70 bits per heavy atom. The number of rotatable bonds is 6. The summed E-state index contributed by atoms with van der Waals surface area (Å²) in [5.41, 5.74) is -2.58. The van der Waals surface area contributed by atoms with Crippen LogP contribution in [0.1, 0.15) is 35.6 Å². The van der Waals surface area contributed by atoms with E-state index in [0.717, 1.165) is 21.6 Å². The Hall–Kier alpha value is -2.84. The highest BCUT2D eigenvalue weighted by Gasteiger charge is 2.39. The second kappa shape index (κ2) is 9.19. The van der Waals surface area contributed by atoms with Gasteiger partial charge in [-0.25, -0.2) is 4.39 Å². The number of hydrogen-bond acceptors (Lipinski definition) is 2. The summed E-state index contributed by atoms with van der Waals surface area (Å²) in [6, 6.07) is 12.7. The van der Waals surface area contributed by atoms with Gasteiger partial charge in [0.15, 0.2) is 0 Å². The van der Waals surface area contributed by atoms with Gasteiger partial charge in [0.05, 0.1) is 5.60 Å². The second-order valence-electron chi connectivity index (χ2n) is 8.46. The predicted molar refractivity (Wildman–Crippen MR) is 119 cm³/mol. The van der Waals surface area contributed by atoms with Gasteiger partial charge in [0.2, 0.25) is 0 Å². The van der Waals surface area contributed by atoms with Gasteiger partial charge in [-0.2, -0.15) is 13.2 Å². The number of alkyl halides is 3. The standard InChI is InChI=1S/C24H23ClF4N2O2/c1-23(2,33)14-30(3)22(32)21-18(17-10-9-16(25)11-19(17)26)12-20(24(27,28)29)31(21)13-15-7-5-4-6-8-15/h4-12,33H,13-14H2,1-3H3. The number of carbonyl (C=O) groups is 1. The fraction of sp³-hybridized carbons (Fsp3) is 0.292. The van der Waals surface area contributed by atoms with Crippen LogP contribution in [0, 0.1) is 5.82 Å². The Morgan fingerprint density at radius 3 is 2.24 bits per heavy atom. The lowest BCUT2D eigenvalue weighted by atomic mass is 10.0. The highest BCUT2D eigenvalue weighted by atomic mass is 35.5. The first-order valence-corrected chi connectivity index (χ1v) is 10.4. The van der Waals surface area contributed by atoms with Crippen molar-refractivity contribution >= 4 is 17.5 Å². The van der Waals surface area contributed by atoms with E-state index >= 15 is 0 Å². The molecule has 0 fully saturated rings. The Balaban J connectivity index is 2.29. The van der Waals surface area contributed by atoms with Crippen LogP contribution in [0.25, 0.3) is 11.1 Å². The Morgan fingerprint density at radius 1 is 1.06 bits per heavy atom. The number of halogens is 5. The van der Waals surface area contributed by atoms with Crippen LogP contribution in [0.4, 0.5) is 17.6 Å². The van der Waals surface area contributed by atoms with Gasteiger partial charge in [0.25, 0.3) is 5.91 Å². The number of aromatic nitrogens is 1. The third-order valence-corrected chi connectivity index (χ3v) is 5.20. The van der Waals surface area contributed by atoms with Gasteiger partial charge >= 0.3 is 6.18 Å². The van der Waals surface area contributed by atoms with Crippen molar-refractivity contribution in [3.05, 3.63) is 82.4 Å². The molecule has 0 aliphatic rings. The second-order valence-corrected chi connectivity index (χ2v) is 8.90. The summed E-state index contributed by atoms with van der Waals surface area (Å²) in [6.07, 6.45) is -4.81. The van der Waals surface area contributed by atoms with Gasteiger partial charge in [-0.05, 0) is 43.7 Å². The zero-order valence-corrected chi connectivity index (χ0v) is 19.0. The molecule has 0 radical (unpaired) electrons. The van der Waals surface area contributed by atoms with Gasteiger partial charge in [-0.3, -0.25) is 4.79 Å². The van der Waals surface area contributed by atoms with Crippen molar-refractivity contribution in [1.29, 1.82) is 0 Å². The summed E-state index contributed by atoms with van der Waals surface area (Å²) in [5, 5.41) is 10.2. The van der Waals surface area contributed by atoms with E-state index in [0.29, 0.717) is 5.56 Å². The first kappa shape index (κ1) is 24.8. The van der Waals surface area contributed by atoms with Crippen LogP contribution < -0.4 is 0 Å². The summed E-state index contributed by atoms with van der Waals surface area (Å²) in [4.78, 5) is 14.5. The molecule has 1 heterocycles. The minimum Gasteiger partial charge on any atom is -0.389 e. The van der Waals surface area contributed by atoms with Crippen LogP contribution >= 0.6 is 11.6 Å². The molecule has 1 aromatic heterocycles. The number of aliphatic hydroxyl groups is 1. The zero-order valence-electron chi connectivity index (χ0n) is 18.3. The minimum atomic E-state index is -4.81. The largest absolute Gasteiger partial charge is 0.431 e. The molecule has 0 bridgehead atoms. The summed E-state index contributed by atoms with van der Waals surface area (Å²) in [5.74, 6) is -1.64. The quantitative estimate of drug-likeness (QED) is 0.447. The van der Waals surface area contributed by atoms with Crippen molar-refractivity contribution < 1.29 is 27.5 Å². The third-order valence-electron chi connectivity index (χ3n) is 4.97. The molecule has 2 aromatic carbocycles. The van der Waals surface area contributed by atoms with E-state index in [9.17, 15) is 27.5 Å². The normalized spacial score (nSPS) is 12.2. The molecule has 0 saturated carbocycles. The average molecular weight is 483 g/mol. The van der Waals surface area contributed by atoms with Crippen molar-refractivity contribution in [2.75, 3.05) is 13.6 Å². The summed E-state index contributed by atoms with van der Waals surface area (Å²) in [6.45, 7) is 2.54. The van der Waals surface area contributed by atoms with E-state index < -0.39 is 29.2 Å². The van der Waals surface area contributed by atoms with Crippen LogP contribution in [0.15, 0.2) is 54.6 Å². The van der Waals surface area contributed by atoms with E-state index in [4.69, 9.17) is 11.6 Å². The van der Waals surface area contributed by atoms with Gasteiger partial charge in [0, 0.05) is 36.3 Å². The highest BCUT2D eigenvalue weighted by Crippen LogP contribution is 2.39. The van der Waals surface area contributed by atoms with Gasteiger partial charge in [-0.1, -0.05) is 41.9 Å². The van der Waals surface area contributed by atoms with E-state index in [1.165, 1.54) is 33.0 Å². The Kier molecular flexibility index (Phi) is 6.91. The van der Waals surface area contributed by atoms with Crippen molar-refractivity contribution in [3.8, 4) is 11.1 Å². The van der Waals surface area contributed by atoms with Gasteiger partial charge in [-0.15, -0.1) is 0 Å². The van der Waals surface area contributed by atoms with Crippen molar-refractivity contribution in [1.82, 2.24) is 9.47 Å². The summed E-state index contributed by atoms with van der Waals surface area (Å²) >= 11 is 5.82. The molecule has 33 heavy (non-hydrogen) atoms. The van der Waals surface area contributed by atoms with Crippen molar-refractivity contribution in [2.45, 2.75) is 32.2 Å². The van der Waals surface area contributed by atoms with Gasteiger partial charge in [0.1, 0.15) is 17.2 Å². The fourth-order valence-electron chi connectivity index (χ4n) is 3.69. The van der Waals surface area contributed by atoms with Crippen LogP contribution in [0.5, 0.6) is 0 Å². The van der Waals surface area contributed by atoms with Crippen LogP contribution in [-0.4, -0.2) is 39.7 Å². The lowest BCUT2D eigenvalue weighted by molar-refractivity contribution is -0.143. The maximum Gasteiger partial charge on any atom is 0.431 e. The maximum atomic E-state index is 14.8. The maximum absolute atomic E-state index is 14.8. The third kappa shape index (κ3) is 5.75. The number of hydrogen-bond donors (Lipinski definition) is 1. The van der Waals surface area contributed by atoms with E-state index in [-0.39, 0.29) is 34.9 Å². The summed E-state index contributed by atoms with van der Waals surface area (Å²) in [7, 11) is 1.37. The number of amides is 1. The molecular formula is C24H23ClF4N2O2. The number of likely N-dealkylation sites (N-methyl/N-ethyl adjacent to an activating group) is 1. The first-order chi connectivity index (χ1) is 15.3. The molecule has 0 spiro atoms. The molecule has 9 heteroatoms. The molecule has 1 N–H and O–H groups in total. The van der Waals surface area contributed by atoms with Crippen LogP contribution in [-0.2, 0) is 12.7 Å².